The second-order valence-corrected chi connectivity index (χ2v) is 6.87. The van der Waals surface area contributed by atoms with Gasteiger partial charge in [-0.1, -0.05) is 19.0 Å². The number of rotatable bonds is 6. The van der Waals surface area contributed by atoms with E-state index in [1.165, 1.54) is 18.4 Å². The summed E-state index contributed by atoms with van der Waals surface area (Å²) < 4.78 is 5.35. The fourth-order valence-corrected chi connectivity index (χ4v) is 2.95. The van der Waals surface area contributed by atoms with Crippen LogP contribution in [-0.2, 0) is 13.1 Å². The molecule has 1 aliphatic heterocycles. The highest BCUT2D eigenvalue weighted by molar-refractivity contribution is 14.0. The van der Waals surface area contributed by atoms with Crippen LogP contribution in [0.5, 0.6) is 0 Å². The van der Waals surface area contributed by atoms with E-state index in [1.807, 2.05) is 18.3 Å². The van der Waals surface area contributed by atoms with Gasteiger partial charge in [0.2, 0.25) is 0 Å². The Hall–Kier alpha value is -1.84. The van der Waals surface area contributed by atoms with Crippen molar-refractivity contribution in [2.45, 2.75) is 45.7 Å². The maximum absolute atomic E-state index is 5.35. The first-order valence-corrected chi connectivity index (χ1v) is 9.25. The standard InChI is InChI=1S/C19H28N6O.HI/c1-14(2)17-11-16(26-24-17)13-23-19(20-3)22-12-15-6-7-21-18(10-15)25-8-4-5-9-25;/h6-7,10-11,14H,4-5,8-9,12-13H2,1-3H3,(H2,20,22,23);1H. The van der Waals surface area contributed by atoms with E-state index in [0.29, 0.717) is 19.0 Å². The number of aromatic nitrogens is 2. The number of hydrogen-bond donors (Lipinski definition) is 2. The minimum absolute atomic E-state index is 0. The minimum Gasteiger partial charge on any atom is -0.359 e. The molecule has 7 nitrogen and oxygen atoms in total. The van der Waals surface area contributed by atoms with Crippen LogP contribution in [0.25, 0.3) is 0 Å². The molecule has 27 heavy (non-hydrogen) atoms. The zero-order valence-electron chi connectivity index (χ0n) is 16.2. The fraction of sp³-hybridized carbons (Fsp3) is 0.526. The van der Waals surface area contributed by atoms with Gasteiger partial charge in [0.25, 0.3) is 0 Å². The predicted octanol–water partition coefficient (Wildman–Crippen LogP) is 3.28. The Kier molecular flexibility index (Phi) is 8.33. The molecule has 2 aromatic rings. The third kappa shape index (κ3) is 6.08. The summed E-state index contributed by atoms with van der Waals surface area (Å²) in [5, 5.41) is 10.7. The minimum atomic E-state index is 0. The van der Waals surface area contributed by atoms with Crippen molar-refractivity contribution in [2.75, 3.05) is 25.0 Å². The predicted molar refractivity (Wildman–Crippen MR) is 119 cm³/mol. The van der Waals surface area contributed by atoms with Crippen molar-refractivity contribution in [1.82, 2.24) is 20.8 Å². The van der Waals surface area contributed by atoms with Crippen LogP contribution < -0.4 is 15.5 Å². The largest absolute Gasteiger partial charge is 0.359 e. The van der Waals surface area contributed by atoms with Crippen molar-refractivity contribution in [3.63, 3.8) is 0 Å². The van der Waals surface area contributed by atoms with Gasteiger partial charge in [-0.2, -0.15) is 0 Å². The first-order chi connectivity index (χ1) is 12.7. The highest BCUT2D eigenvalue weighted by atomic mass is 127. The Morgan fingerprint density at radius 3 is 2.63 bits per heavy atom. The molecule has 0 aliphatic carbocycles. The third-order valence-electron chi connectivity index (χ3n) is 4.52. The number of halogens is 1. The van der Waals surface area contributed by atoms with Crippen molar-refractivity contribution < 1.29 is 4.52 Å². The lowest BCUT2D eigenvalue weighted by molar-refractivity contribution is 0.372. The van der Waals surface area contributed by atoms with Crippen LogP contribution in [0, 0.1) is 0 Å². The maximum Gasteiger partial charge on any atom is 0.191 e. The first-order valence-electron chi connectivity index (χ1n) is 9.25. The molecule has 8 heteroatoms. The number of nitrogens with one attached hydrogen (secondary N) is 2. The number of anilines is 1. The topological polar surface area (TPSA) is 78.6 Å². The lowest BCUT2D eigenvalue weighted by atomic mass is 10.1. The molecular formula is C19H29IN6O. The number of nitrogens with zero attached hydrogens (tertiary/aromatic N) is 4. The van der Waals surface area contributed by atoms with Crippen LogP contribution in [0.4, 0.5) is 5.82 Å². The van der Waals surface area contributed by atoms with Gasteiger partial charge in [0, 0.05) is 38.9 Å². The Morgan fingerprint density at radius 1 is 1.22 bits per heavy atom. The van der Waals surface area contributed by atoms with Gasteiger partial charge in [-0.15, -0.1) is 24.0 Å². The summed E-state index contributed by atoms with van der Waals surface area (Å²) in [5.74, 6) is 2.96. The molecule has 0 amide bonds. The molecule has 0 atom stereocenters. The van der Waals surface area contributed by atoms with Gasteiger partial charge in [-0.25, -0.2) is 4.98 Å². The molecule has 2 N–H and O–H groups in total. The van der Waals surface area contributed by atoms with Crippen LogP contribution in [0.15, 0.2) is 33.9 Å². The summed E-state index contributed by atoms with van der Waals surface area (Å²) in [6.07, 6.45) is 4.38. The summed E-state index contributed by atoms with van der Waals surface area (Å²) in [6, 6.07) is 6.16. The zero-order valence-corrected chi connectivity index (χ0v) is 18.6. The zero-order chi connectivity index (χ0) is 18.4. The van der Waals surface area contributed by atoms with Gasteiger partial charge in [-0.05, 0) is 36.5 Å². The Balaban J connectivity index is 0.00000261. The van der Waals surface area contributed by atoms with Crippen molar-refractivity contribution in [2.24, 2.45) is 4.99 Å². The molecule has 1 fully saturated rings. The molecule has 0 radical (unpaired) electrons. The van der Waals surface area contributed by atoms with E-state index >= 15 is 0 Å². The van der Waals surface area contributed by atoms with Gasteiger partial charge >= 0.3 is 0 Å². The van der Waals surface area contributed by atoms with Crippen LogP contribution in [0.2, 0.25) is 0 Å². The summed E-state index contributed by atoms with van der Waals surface area (Å²) in [7, 11) is 1.76. The molecule has 0 saturated carbocycles. The van der Waals surface area contributed by atoms with Crippen molar-refractivity contribution in [1.29, 1.82) is 0 Å². The molecule has 1 saturated heterocycles. The highest BCUT2D eigenvalue weighted by Crippen LogP contribution is 2.18. The van der Waals surface area contributed by atoms with Gasteiger partial charge in [0.1, 0.15) is 5.82 Å². The fourth-order valence-electron chi connectivity index (χ4n) is 2.95. The van der Waals surface area contributed by atoms with E-state index in [9.17, 15) is 0 Å². The summed E-state index contributed by atoms with van der Waals surface area (Å²) in [6.45, 7) is 7.64. The molecule has 148 valence electrons. The molecular weight excluding hydrogens is 455 g/mol. The highest BCUT2D eigenvalue weighted by Gasteiger charge is 2.13. The monoisotopic (exact) mass is 484 g/mol. The molecule has 3 rings (SSSR count). The normalized spacial score (nSPS) is 14.4. The smallest absolute Gasteiger partial charge is 0.191 e. The lowest BCUT2D eigenvalue weighted by Crippen LogP contribution is -2.36. The first kappa shape index (κ1) is 21.5. The van der Waals surface area contributed by atoms with Crippen LogP contribution in [-0.4, -0.2) is 36.2 Å². The maximum atomic E-state index is 5.35. The second kappa shape index (κ2) is 10.5. The van der Waals surface area contributed by atoms with Gasteiger partial charge < -0.3 is 20.1 Å². The Labute approximate surface area is 178 Å². The Bertz CT molecular complexity index is 739. The van der Waals surface area contributed by atoms with E-state index in [-0.39, 0.29) is 24.0 Å². The van der Waals surface area contributed by atoms with E-state index in [0.717, 1.165) is 36.3 Å². The quantitative estimate of drug-likeness (QED) is 0.372. The van der Waals surface area contributed by atoms with E-state index in [2.05, 4.69) is 50.6 Å². The van der Waals surface area contributed by atoms with Gasteiger partial charge in [0.05, 0.1) is 12.2 Å². The lowest BCUT2D eigenvalue weighted by Gasteiger charge is -2.17. The van der Waals surface area contributed by atoms with Gasteiger partial charge in [0.15, 0.2) is 11.7 Å². The van der Waals surface area contributed by atoms with Crippen LogP contribution in [0.1, 0.15) is 49.6 Å². The number of aliphatic imine (C=N–C) groups is 1. The molecule has 0 bridgehead atoms. The molecule has 0 unspecified atom stereocenters. The van der Waals surface area contributed by atoms with E-state index in [1.54, 1.807) is 7.05 Å². The van der Waals surface area contributed by atoms with Crippen molar-refractivity contribution in [3.05, 3.63) is 41.4 Å². The average Bonchev–Trinajstić information content (AvgIpc) is 3.34. The third-order valence-corrected chi connectivity index (χ3v) is 4.52. The summed E-state index contributed by atoms with van der Waals surface area (Å²) in [5.41, 5.74) is 2.16. The van der Waals surface area contributed by atoms with Crippen molar-refractivity contribution in [3.8, 4) is 0 Å². The van der Waals surface area contributed by atoms with Crippen LogP contribution >= 0.6 is 24.0 Å². The van der Waals surface area contributed by atoms with Gasteiger partial charge in [-0.3, -0.25) is 4.99 Å². The summed E-state index contributed by atoms with van der Waals surface area (Å²) in [4.78, 5) is 11.1. The van der Waals surface area contributed by atoms with E-state index < -0.39 is 0 Å². The molecule has 3 heterocycles. The molecule has 1 aliphatic rings. The molecule has 0 aromatic carbocycles. The molecule has 2 aromatic heterocycles. The summed E-state index contributed by atoms with van der Waals surface area (Å²) >= 11 is 0. The SMILES string of the molecule is CN=C(NCc1ccnc(N2CCCC2)c1)NCc1cc(C(C)C)no1.I. The van der Waals surface area contributed by atoms with Crippen LogP contribution in [0.3, 0.4) is 0 Å². The van der Waals surface area contributed by atoms with E-state index in [4.69, 9.17) is 4.52 Å². The molecule has 0 spiro atoms. The average molecular weight is 484 g/mol. The second-order valence-electron chi connectivity index (χ2n) is 6.87. The number of guanidine groups is 1. The van der Waals surface area contributed by atoms with Crippen molar-refractivity contribution >= 4 is 35.8 Å². The Morgan fingerprint density at radius 2 is 1.96 bits per heavy atom. The number of hydrogen-bond acceptors (Lipinski definition) is 5. The number of pyridine rings is 1.